The van der Waals surface area contributed by atoms with Crippen LogP contribution < -0.4 is 5.32 Å². The number of piperidine rings is 1. The van der Waals surface area contributed by atoms with Gasteiger partial charge < -0.3 is 5.32 Å². The van der Waals surface area contributed by atoms with Crippen LogP contribution in [0.1, 0.15) is 37.1 Å². The van der Waals surface area contributed by atoms with Crippen LogP contribution >= 0.6 is 0 Å². The van der Waals surface area contributed by atoms with Gasteiger partial charge in [-0.1, -0.05) is 0 Å². The summed E-state index contributed by atoms with van der Waals surface area (Å²) in [7, 11) is 2.05. The molecule has 0 aromatic carbocycles. The number of hydrogen-bond acceptors (Lipinski definition) is 3. The van der Waals surface area contributed by atoms with Crippen molar-refractivity contribution in [3.05, 3.63) is 17.5 Å². The van der Waals surface area contributed by atoms with Gasteiger partial charge in [-0.05, 0) is 51.1 Å². The SMILES string of the molecule is Cc1cc(CN2CCC(NCC3CC3)CC2)n(C)n1. The number of likely N-dealkylation sites (tertiary alicyclic amines) is 1. The highest BCUT2D eigenvalue weighted by Gasteiger charge is 2.24. The van der Waals surface area contributed by atoms with Gasteiger partial charge in [0.25, 0.3) is 0 Å². The van der Waals surface area contributed by atoms with Crippen molar-refractivity contribution >= 4 is 0 Å². The number of nitrogens with one attached hydrogen (secondary N) is 1. The molecular formula is C15H26N4. The molecule has 1 aliphatic heterocycles. The molecule has 2 heterocycles. The topological polar surface area (TPSA) is 33.1 Å². The largest absolute Gasteiger partial charge is 0.314 e. The van der Waals surface area contributed by atoms with Crippen molar-refractivity contribution in [3.63, 3.8) is 0 Å². The van der Waals surface area contributed by atoms with Gasteiger partial charge in [-0.2, -0.15) is 5.10 Å². The van der Waals surface area contributed by atoms with Gasteiger partial charge in [0, 0.05) is 32.7 Å². The summed E-state index contributed by atoms with van der Waals surface area (Å²) >= 11 is 0. The molecule has 0 spiro atoms. The zero-order chi connectivity index (χ0) is 13.2. The molecule has 1 aromatic rings. The summed E-state index contributed by atoms with van der Waals surface area (Å²) in [6.45, 7) is 6.80. The van der Waals surface area contributed by atoms with E-state index >= 15 is 0 Å². The van der Waals surface area contributed by atoms with E-state index in [0.717, 1.165) is 24.2 Å². The van der Waals surface area contributed by atoms with Gasteiger partial charge in [-0.25, -0.2) is 0 Å². The summed E-state index contributed by atoms with van der Waals surface area (Å²) in [5.74, 6) is 0.996. The minimum atomic E-state index is 0.755. The van der Waals surface area contributed by atoms with Gasteiger partial charge in [-0.3, -0.25) is 9.58 Å². The second-order valence-corrected chi connectivity index (χ2v) is 6.30. The third kappa shape index (κ3) is 3.57. The van der Waals surface area contributed by atoms with E-state index < -0.39 is 0 Å². The van der Waals surface area contributed by atoms with Crippen LogP contribution in [0.5, 0.6) is 0 Å². The first kappa shape index (κ1) is 13.1. The minimum Gasteiger partial charge on any atom is -0.314 e. The van der Waals surface area contributed by atoms with Crippen LogP contribution in [0, 0.1) is 12.8 Å². The number of aryl methyl sites for hydroxylation is 2. The maximum Gasteiger partial charge on any atom is 0.0597 e. The zero-order valence-corrected chi connectivity index (χ0v) is 12.2. The molecule has 1 saturated carbocycles. The zero-order valence-electron chi connectivity index (χ0n) is 12.2. The van der Waals surface area contributed by atoms with Crippen molar-refractivity contribution in [1.82, 2.24) is 20.0 Å². The molecule has 1 N–H and O–H groups in total. The van der Waals surface area contributed by atoms with E-state index in [1.807, 2.05) is 11.7 Å². The Bertz CT molecular complexity index is 414. The minimum absolute atomic E-state index is 0.755. The Morgan fingerprint density at radius 1 is 1.26 bits per heavy atom. The van der Waals surface area contributed by atoms with E-state index in [4.69, 9.17) is 0 Å². The van der Waals surface area contributed by atoms with Crippen molar-refractivity contribution in [3.8, 4) is 0 Å². The predicted molar refractivity (Wildman–Crippen MR) is 77.0 cm³/mol. The summed E-state index contributed by atoms with van der Waals surface area (Å²) in [6, 6.07) is 2.96. The van der Waals surface area contributed by atoms with E-state index in [1.54, 1.807) is 0 Å². The lowest BCUT2D eigenvalue weighted by molar-refractivity contribution is 0.186. The Labute approximate surface area is 116 Å². The molecule has 0 unspecified atom stereocenters. The fraction of sp³-hybridized carbons (Fsp3) is 0.800. The van der Waals surface area contributed by atoms with Gasteiger partial charge in [-0.15, -0.1) is 0 Å². The lowest BCUT2D eigenvalue weighted by Crippen LogP contribution is -2.42. The maximum atomic E-state index is 4.42. The highest BCUT2D eigenvalue weighted by molar-refractivity contribution is 5.08. The Balaban J connectivity index is 1.43. The molecule has 0 radical (unpaired) electrons. The van der Waals surface area contributed by atoms with Crippen LogP contribution in [0.25, 0.3) is 0 Å². The molecule has 19 heavy (non-hydrogen) atoms. The summed E-state index contributed by atoms with van der Waals surface area (Å²) in [5.41, 5.74) is 2.46. The average molecular weight is 262 g/mol. The summed E-state index contributed by atoms with van der Waals surface area (Å²) < 4.78 is 2.02. The third-order valence-corrected chi connectivity index (χ3v) is 4.46. The van der Waals surface area contributed by atoms with Gasteiger partial charge in [0.1, 0.15) is 0 Å². The average Bonchev–Trinajstić information content (AvgIpc) is 3.16. The van der Waals surface area contributed by atoms with Crippen LogP contribution in [-0.2, 0) is 13.6 Å². The molecule has 2 fully saturated rings. The molecule has 4 heteroatoms. The van der Waals surface area contributed by atoms with Gasteiger partial charge in [0.05, 0.1) is 11.4 Å². The monoisotopic (exact) mass is 262 g/mol. The van der Waals surface area contributed by atoms with Crippen molar-refractivity contribution in [2.45, 2.75) is 45.2 Å². The molecule has 4 nitrogen and oxygen atoms in total. The van der Waals surface area contributed by atoms with Crippen molar-refractivity contribution in [2.75, 3.05) is 19.6 Å². The predicted octanol–water partition coefficient (Wildman–Crippen LogP) is 1.69. The highest BCUT2D eigenvalue weighted by Crippen LogP contribution is 2.28. The number of rotatable bonds is 5. The first-order valence-electron chi connectivity index (χ1n) is 7.66. The van der Waals surface area contributed by atoms with Crippen LogP contribution in [-0.4, -0.2) is 40.4 Å². The number of nitrogens with zero attached hydrogens (tertiary/aromatic N) is 3. The first-order valence-corrected chi connectivity index (χ1v) is 7.66. The highest BCUT2D eigenvalue weighted by atomic mass is 15.3. The second kappa shape index (κ2) is 5.63. The Kier molecular flexibility index (Phi) is 3.89. The van der Waals surface area contributed by atoms with Crippen LogP contribution in [0.3, 0.4) is 0 Å². The van der Waals surface area contributed by atoms with Crippen molar-refractivity contribution in [1.29, 1.82) is 0 Å². The molecule has 0 atom stereocenters. The van der Waals surface area contributed by atoms with Gasteiger partial charge in [0.15, 0.2) is 0 Å². The van der Waals surface area contributed by atoms with Crippen LogP contribution in [0.2, 0.25) is 0 Å². The summed E-state index contributed by atoms with van der Waals surface area (Å²) in [4.78, 5) is 2.56. The second-order valence-electron chi connectivity index (χ2n) is 6.30. The van der Waals surface area contributed by atoms with Gasteiger partial charge >= 0.3 is 0 Å². The third-order valence-electron chi connectivity index (χ3n) is 4.46. The lowest BCUT2D eigenvalue weighted by Gasteiger charge is -2.32. The fourth-order valence-corrected chi connectivity index (χ4v) is 2.99. The molecule has 106 valence electrons. The van der Waals surface area contributed by atoms with E-state index in [2.05, 4.69) is 28.3 Å². The summed E-state index contributed by atoms with van der Waals surface area (Å²) in [6.07, 6.45) is 5.49. The van der Waals surface area contributed by atoms with E-state index in [1.165, 1.54) is 51.0 Å². The number of hydrogen-bond donors (Lipinski definition) is 1. The molecule has 0 bridgehead atoms. The Morgan fingerprint density at radius 2 is 2.00 bits per heavy atom. The lowest BCUT2D eigenvalue weighted by atomic mass is 10.0. The molecule has 1 aromatic heterocycles. The van der Waals surface area contributed by atoms with Gasteiger partial charge in [0.2, 0.25) is 0 Å². The van der Waals surface area contributed by atoms with Crippen LogP contribution in [0.15, 0.2) is 6.07 Å². The number of aromatic nitrogens is 2. The Hall–Kier alpha value is -0.870. The molecule has 1 saturated heterocycles. The Morgan fingerprint density at radius 3 is 2.58 bits per heavy atom. The van der Waals surface area contributed by atoms with Crippen LogP contribution in [0.4, 0.5) is 0 Å². The van der Waals surface area contributed by atoms with E-state index in [9.17, 15) is 0 Å². The molecule has 3 rings (SSSR count). The molecule has 1 aliphatic carbocycles. The fourth-order valence-electron chi connectivity index (χ4n) is 2.99. The molecule has 2 aliphatic rings. The quantitative estimate of drug-likeness (QED) is 0.876. The van der Waals surface area contributed by atoms with E-state index in [0.29, 0.717) is 0 Å². The normalized spacial score (nSPS) is 22.0. The molecular weight excluding hydrogens is 236 g/mol. The maximum absolute atomic E-state index is 4.42. The van der Waals surface area contributed by atoms with E-state index in [-0.39, 0.29) is 0 Å². The molecule has 0 amide bonds. The van der Waals surface area contributed by atoms with Crippen molar-refractivity contribution < 1.29 is 0 Å². The standard InChI is InChI=1S/C15H26N4/c1-12-9-15(18(2)17-12)11-19-7-5-14(6-8-19)16-10-13-3-4-13/h9,13-14,16H,3-8,10-11H2,1-2H3. The first-order chi connectivity index (χ1) is 9.20. The van der Waals surface area contributed by atoms with Crippen molar-refractivity contribution in [2.24, 2.45) is 13.0 Å². The summed E-state index contributed by atoms with van der Waals surface area (Å²) in [5, 5.41) is 8.16. The smallest absolute Gasteiger partial charge is 0.0597 e.